The lowest BCUT2D eigenvalue weighted by Crippen LogP contribution is -2.39. The number of nitrogens with two attached hydrogens (primary N) is 1. The molecule has 0 saturated heterocycles. The number of hydrogen-bond acceptors (Lipinski definition) is 3. The van der Waals surface area contributed by atoms with E-state index in [0.717, 1.165) is 12.1 Å². The third kappa shape index (κ3) is 8.79. The average molecular weight is 474 g/mol. The maximum atomic E-state index is 12.1. The molecule has 1 amide bonds. The van der Waals surface area contributed by atoms with Crippen LogP contribution in [0.2, 0.25) is 0 Å². The summed E-state index contributed by atoms with van der Waals surface area (Å²) in [5.41, 5.74) is 5.44. The lowest BCUT2D eigenvalue weighted by Gasteiger charge is -2.21. The minimum Gasteiger partial charge on any atom is -0.406 e. The van der Waals surface area contributed by atoms with Gasteiger partial charge in [0.1, 0.15) is 5.75 Å². The molecule has 0 unspecified atom stereocenters. The second-order valence-electron chi connectivity index (χ2n) is 5.64. The van der Waals surface area contributed by atoms with Crippen molar-refractivity contribution in [1.29, 1.82) is 0 Å². The third-order valence-electron chi connectivity index (χ3n) is 2.96. The average Bonchev–Trinajstić information content (AvgIpc) is 2.46. The van der Waals surface area contributed by atoms with Gasteiger partial charge in [-0.1, -0.05) is 0 Å². The Morgan fingerprint density at radius 1 is 1.24 bits per heavy atom. The van der Waals surface area contributed by atoms with Crippen LogP contribution in [0.5, 0.6) is 5.75 Å². The molecule has 25 heavy (non-hydrogen) atoms. The summed E-state index contributed by atoms with van der Waals surface area (Å²) in [6.45, 7) is 5.97. The first kappa shape index (κ1) is 23.3. The first-order chi connectivity index (χ1) is 11.0. The van der Waals surface area contributed by atoms with Crippen molar-refractivity contribution in [2.75, 3.05) is 18.4 Å². The van der Waals surface area contributed by atoms with Crippen molar-refractivity contribution in [3.05, 3.63) is 24.3 Å². The standard InChI is InChI=1S/C15H21F3N4O2.HI/c1-4-20-12(23)14(2,3)9-21-13(19)22-10-5-7-11(8-6-10)24-15(16,17)18;/h5-8H,4,9H2,1-3H3,(H,20,23)(H3,19,21,22);1H. The number of guanidine groups is 1. The minimum atomic E-state index is -4.74. The first-order valence-electron chi connectivity index (χ1n) is 7.24. The molecule has 142 valence electrons. The number of nitrogens with zero attached hydrogens (tertiary/aromatic N) is 1. The minimum absolute atomic E-state index is 0. The molecule has 6 nitrogen and oxygen atoms in total. The molecule has 0 saturated carbocycles. The molecule has 0 aromatic heterocycles. The number of hydrogen-bond donors (Lipinski definition) is 3. The molecular formula is C15H22F3IN4O2. The summed E-state index contributed by atoms with van der Waals surface area (Å²) in [5.74, 6) is -0.423. The predicted molar refractivity (Wildman–Crippen MR) is 101 cm³/mol. The fourth-order valence-corrected chi connectivity index (χ4v) is 1.68. The van der Waals surface area contributed by atoms with Gasteiger partial charge in [0.15, 0.2) is 5.96 Å². The van der Waals surface area contributed by atoms with Crippen LogP contribution in [0.1, 0.15) is 20.8 Å². The van der Waals surface area contributed by atoms with Gasteiger partial charge in [0.05, 0.1) is 12.0 Å². The molecule has 10 heteroatoms. The highest BCUT2D eigenvalue weighted by molar-refractivity contribution is 14.0. The summed E-state index contributed by atoms with van der Waals surface area (Å²) < 4.78 is 40.0. The van der Waals surface area contributed by atoms with E-state index in [0.29, 0.717) is 12.2 Å². The van der Waals surface area contributed by atoms with E-state index in [1.54, 1.807) is 13.8 Å². The number of nitrogens with one attached hydrogen (secondary N) is 2. The zero-order chi connectivity index (χ0) is 18.4. The van der Waals surface area contributed by atoms with Gasteiger partial charge in [0.2, 0.25) is 5.91 Å². The Morgan fingerprint density at radius 3 is 2.28 bits per heavy atom. The Hall–Kier alpha value is -1.72. The van der Waals surface area contributed by atoms with Crippen molar-refractivity contribution in [2.45, 2.75) is 27.1 Å². The van der Waals surface area contributed by atoms with Crippen LogP contribution < -0.4 is 21.1 Å². The zero-order valence-corrected chi connectivity index (χ0v) is 16.4. The van der Waals surface area contributed by atoms with Gasteiger partial charge in [-0.25, -0.2) is 0 Å². The molecule has 0 fully saturated rings. The van der Waals surface area contributed by atoms with Gasteiger partial charge in [-0.2, -0.15) is 0 Å². The van der Waals surface area contributed by atoms with Crippen LogP contribution in [0.25, 0.3) is 0 Å². The van der Waals surface area contributed by atoms with Crippen molar-refractivity contribution in [2.24, 2.45) is 16.1 Å². The number of halogens is 4. The van der Waals surface area contributed by atoms with Crippen molar-refractivity contribution in [3.63, 3.8) is 0 Å². The fourth-order valence-electron chi connectivity index (χ4n) is 1.68. The van der Waals surface area contributed by atoms with Crippen LogP contribution in [0.3, 0.4) is 0 Å². The SMILES string of the molecule is CCNC(=O)C(C)(C)CN=C(N)Nc1ccc(OC(F)(F)F)cc1.I. The Morgan fingerprint density at radius 2 is 1.80 bits per heavy atom. The molecule has 0 aliphatic carbocycles. The van der Waals surface area contributed by atoms with E-state index in [9.17, 15) is 18.0 Å². The van der Waals surface area contributed by atoms with Crippen molar-refractivity contribution < 1.29 is 22.7 Å². The number of alkyl halides is 3. The molecule has 0 atom stereocenters. The second-order valence-corrected chi connectivity index (χ2v) is 5.64. The fraction of sp³-hybridized carbons (Fsp3) is 0.467. The van der Waals surface area contributed by atoms with Gasteiger partial charge in [-0.3, -0.25) is 9.79 Å². The van der Waals surface area contributed by atoms with Crippen LogP contribution >= 0.6 is 24.0 Å². The monoisotopic (exact) mass is 474 g/mol. The van der Waals surface area contributed by atoms with Crippen molar-refractivity contribution in [3.8, 4) is 5.75 Å². The molecule has 1 aromatic carbocycles. The van der Waals surface area contributed by atoms with Gasteiger partial charge in [0.25, 0.3) is 0 Å². The van der Waals surface area contributed by atoms with Crippen LogP contribution in [-0.4, -0.2) is 31.3 Å². The van der Waals surface area contributed by atoms with Crippen molar-refractivity contribution >= 4 is 41.5 Å². The summed E-state index contributed by atoms with van der Waals surface area (Å²) in [7, 11) is 0. The van der Waals surface area contributed by atoms with Crippen molar-refractivity contribution in [1.82, 2.24) is 5.32 Å². The summed E-state index contributed by atoms with van der Waals surface area (Å²) in [6, 6.07) is 5.06. The normalized spacial score (nSPS) is 12.2. The Balaban J connectivity index is 0.00000576. The molecule has 0 aliphatic heterocycles. The summed E-state index contributed by atoms with van der Waals surface area (Å²) in [5, 5.41) is 5.44. The molecule has 0 bridgehead atoms. The summed E-state index contributed by atoms with van der Waals surface area (Å²) >= 11 is 0. The van der Waals surface area contributed by atoms with E-state index < -0.39 is 11.8 Å². The molecule has 0 heterocycles. The molecule has 0 radical (unpaired) electrons. The zero-order valence-electron chi connectivity index (χ0n) is 14.1. The van der Waals surface area contributed by atoms with Crippen LogP contribution in [-0.2, 0) is 4.79 Å². The lowest BCUT2D eigenvalue weighted by atomic mass is 9.92. The first-order valence-corrected chi connectivity index (χ1v) is 7.24. The number of rotatable bonds is 6. The summed E-state index contributed by atoms with van der Waals surface area (Å²) in [6.07, 6.45) is -4.74. The number of benzene rings is 1. The topological polar surface area (TPSA) is 88.7 Å². The van der Waals surface area contributed by atoms with Gasteiger partial charge in [0, 0.05) is 12.2 Å². The van der Waals surface area contributed by atoms with Gasteiger partial charge >= 0.3 is 6.36 Å². The maximum absolute atomic E-state index is 12.1. The van der Waals surface area contributed by atoms with Crippen LogP contribution in [0.15, 0.2) is 29.3 Å². The molecule has 0 spiro atoms. The number of ether oxygens (including phenoxy) is 1. The third-order valence-corrected chi connectivity index (χ3v) is 2.96. The largest absolute Gasteiger partial charge is 0.573 e. The van der Waals surface area contributed by atoms with E-state index in [4.69, 9.17) is 5.73 Å². The van der Waals surface area contributed by atoms with Crippen LogP contribution in [0, 0.1) is 5.41 Å². The van der Waals surface area contributed by atoms with Gasteiger partial charge in [-0.15, -0.1) is 37.1 Å². The number of carbonyl (C=O) groups is 1. The molecule has 1 aromatic rings. The van der Waals surface area contributed by atoms with Gasteiger partial charge < -0.3 is 21.1 Å². The van der Waals surface area contributed by atoms with Crippen LogP contribution in [0.4, 0.5) is 18.9 Å². The summed E-state index contributed by atoms with van der Waals surface area (Å²) in [4.78, 5) is 15.9. The lowest BCUT2D eigenvalue weighted by molar-refractivity contribution is -0.274. The molecule has 4 N–H and O–H groups in total. The number of amides is 1. The quantitative estimate of drug-likeness (QED) is 0.336. The molecule has 0 aliphatic rings. The Kier molecular flexibility index (Phi) is 9.02. The number of aliphatic imine (C=N–C) groups is 1. The highest BCUT2D eigenvalue weighted by Gasteiger charge is 2.31. The number of carbonyl (C=O) groups excluding carboxylic acids is 1. The van der Waals surface area contributed by atoms with E-state index in [1.165, 1.54) is 12.1 Å². The maximum Gasteiger partial charge on any atom is 0.573 e. The van der Waals surface area contributed by atoms with E-state index in [2.05, 4.69) is 20.4 Å². The highest BCUT2D eigenvalue weighted by atomic mass is 127. The van der Waals surface area contributed by atoms with E-state index in [1.807, 2.05) is 6.92 Å². The Labute approximate surface area is 161 Å². The Bertz CT molecular complexity index is 589. The van der Waals surface area contributed by atoms with E-state index in [-0.39, 0.29) is 48.1 Å². The molecular weight excluding hydrogens is 452 g/mol. The smallest absolute Gasteiger partial charge is 0.406 e. The second kappa shape index (κ2) is 9.68. The van der Waals surface area contributed by atoms with Gasteiger partial charge in [-0.05, 0) is 45.0 Å². The van der Waals surface area contributed by atoms with E-state index >= 15 is 0 Å². The highest BCUT2D eigenvalue weighted by Crippen LogP contribution is 2.24. The number of anilines is 1. The molecule has 1 rings (SSSR count). The predicted octanol–water partition coefficient (Wildman–Crippen LogP) is 3.09.